The van der Waals surface area contributed by atoms with Gasteiger partial charge in [0.15, 0.2) is 5.17 Å². The quantitative estimate of drug-likeness (QED) is 0.833. The number of amidine groups is 1. The molecule has 2 heterocycles. The molecule has 2 atom stereocenters. The third-order valence-corrected chi connectivity index (χ3v) is 5.39. The molecular weight excluding hydrogens is 230 g/mol. The van der Waals surface area contributed by atoms with E-state index in [2.05, 4.69) is 10.2 Å². The van der Waals surface area contributed by atoms with Crippen molar-refractivity contribution in [1.82, 2.24) is 10.2 Å². The molecule has 0 aromatic carbocycles. The second kappa shape index (κ2) is 5.61. The van der Waals surface area contributed by atoms with Crippen molar-refractivity contribution in [1.29, 1.82) is 0 Å². The molecule has 0 amide bonds. The first kappa shape index (κ1) is 11.8. The zero-order chi connectivity index (χ0) is 11.5. The monoisotopic (exact) mass is 253 g/mol. The van der Waals surface area contributed by atoms with Crippen LogP contribution in [0.1, 0.15) is 32.1 Å². The summed E-state index contributed by atoms with van der Waals surface area (Å²) >= 11 is 1.94. The molecule has 3 rings (SSSR count). The van der Waals surface area contributed by atoms with Crippen molar-refractivity contribution in [3.8, 4) is 0 Å². The molecule has 0 spiro atoms. The van der Waals surface area contributed by atoms with Gasteiger partial charge in [-0.2, -0.15) is 0 Å². The zero-order valence-corrected chi connectivity index (χ0v) is 11.3. The van der Waals surface area contributed by atoms with E-state index in [1.54, 1.807) is 0 Å². The van der Waals surface area contributed by atoms with E-state index in [9.17, 15) is 0 Å². The van der Waals surface area contributed by atoms with Gasteiger partial charge in [-0.15, -0.1) is 0 Å². The molecule has 0 aromatic heterocycles. The Morgan fingerprint density at radius 3 is 3.00 bits per heavy atom. The summed E-state index contributed by atoms with van der Waals surface area (Å²) in [5.41, 5.74) is 0. The predicted molar refractivity (Wildman–Crippen MR) is 74.7 cm³/mol. The highest BCUT2D eigenvalue weighted by Crippen LogP contribution is 2.32. The number of hydrogen-bond donors (Lipinski definition) is 1. The molecule has 2 saturated heterocycles. The maximum absolute atomic E-state index is 4.73. The van der Waals surface area contributed by atoms with E-state index in [4.69, 9.17) is 4.99 Å². The molecule has 1 aliphatic carbocycles. The standard InChI is InChI=1S/C13H23N3S/c1-2-8-16(7-1)9-6-14-13-15-12-5-3-4-11(12)10-17-13/h11-12H,1-10H2,(H,14,15). The fraction of sp³-hybridized carbons (Fsp3) is 0.923. The van der Waals surface area contributed by atoms with Gasteiger partial charge in [0.2, 0.25) is 0 Å². The third kappa shape index (κ3) is 2.97. The van der Waals surface area contributed by atoms with Crippen molar-refractivity contribution >= 4 is 16.9 Å². The van der Waals surface area contributed by atoms with E-state index in [-0.39, 0.29) is 0 Å². The van der Waals surface area contributed by atoms with Crippen LogP contribution in [-0.4, -0.2) is 48.0 Å². The molecule has 17 heavy (non-hydrogen) atoms. The van der Waals surface area contributed by atoms with Crippen LogP contribution in [0, 0.1) is 5.92 Å². The number of hydrogen-bond acceptors (Lipinski definition) is 3. The zero-order valence-electron chi connectivity index (χ0n) is 10.5. The normalized spacial score (nSPS) is 36.1. The molecule has 0 radical (unpaired) electrons. The van der Waals surface area contributed by atoms with Gasteiger partial charge in [-0.05, 0) is 44.7 Å². The summed E-state index contributed by atoms with van der Waals surface area (Å²) in [6.07, 6.45) is 6.95. The van der Waals surface area contributed by atoms with Crippen molar-refractivity contribution in [2.75, 3.05) is 31.9 Å². The van der Waals surface area contributed by atoms with Crippen molar-refractivity contribution in [3.05, 3.63) is 0 Å². The van der Waals surface area contributed by atoms with Gasteiger partial charge in [-0.1, -0.05) is 18.2 Å². The van der Waals surface area contributed by atoms with Crippen molar-refractivity contribution in [2.45, 2.75) is 38.1 Å². The van der Waals surface area contributed by atoms with Gasteiger partial charge in [-0.25, -0.2) is 0 Å². The molecule has 3 aliphatic rings. The molecule has 1 N–H and O–H groups in total. The molecular formula is C13H23N3S. The Balaban J connectivity index is 1.44. The minimum Gasteiger partial charge on any atom is -0.362 e. The molecule has 3 nitrogen and oxygen atoms in total. The van der Waals surface area contributed by atoms with E-state index >= 15 is 0 Å². The van der Waals surface area contributed by atoms with Crippen molar-refractivity contribution < 1.29 is 0 Å². The van der Waals surface area contributed by atoms with Crippen LogP contribution >= 0.6 is 11.8 Å². The Morgan fingerprint density at radius 1 is 1.24 bits per heavy atom. The summed E-state index contributed by atoms with van der Waals surface area (Å²) in [4.78, 5) is 7.27. The number of fused-ring (bicyclic) bond motifs is 1. The molecule has 2 aliphatic heterocycles. The number of thioether (sulfide) groups is 1. The summed E-state index contributed by atoms with van der Waals surface area (Å²) < 4.78 is 0. The van der Waals surface area contributed by atoms with Gasteiger partial charge in [-0.3, -0.25) is 4.99 Å². The molecule has 3 fully saturated rings. The number of rotatable bonds is 3. The summed E-state index contributed by atoms with van der Waals surface area (Å²) in [6.45, 7) is 4.71. The lowest BCUT2D eigenvalue weighted by atomic mass is 10.1. The lowest BCUT2D eigenvalue weighted by Crippen LogP contribution is -2.41. The number of likely N-dealkylation sites (tertiary alicyclic amines) is 1. The predicted octanol–water partition coefficient (Wildman–Crippen LogP) is 1.94. The largest absolute Gasteiger partial charge is 0.362 e. The number of nitrogens with one attached hydrogen (secondary N) is 1. The van der Waals surface area contributed by atoms with Gasteiger partial charge in [0, 0.05) is 18.3 Å². The molecule has 0 aromatic rings. The second-order valence-electron chi connectivity index (χ2n) is 5.49. The summed E-state index contributed by atoms with van der Waals surface area (Å²) in [5.74, 6) is 2.21. The van der Waals surface area contributed by atoms with E-state index in [1.807, 2.05) is 11.8 Å². The lowest BCUT2D eigenvalue weighted by Gasteiger charge is -2.28. The molecule has 2 unspecified atom stereocenters. The Bertz CT molecular complexity index is 286. The highest BCUT2D eigenvalue weighted by atomic mass is 32.2. The van der Waals surface area contributed by atoms with Crippen LogP contribution in [0.4, 0.5) is 0 Å². The molecule has 4 heteroatoms. The van der Waals surface area contributed by atoms with Crippen molar-refractivity contribution in [2.24, 2.45) is 10.9 Å². The number of nitrogens with zero attached hydrogens (tertiary/aromatic N) is 2. The summed E-state index contributed by atoms with van der Waals surface area (Å²) in [7, 11) is 0. The van der Waals surface area contributed by atoms with Crippen LogP contribution < -0.4 is 5.32 Å². The van der Waals surface area contributed by atoms with E-state index < -0.39 is 0 Å². The van der Waals surface area contributed by atoms with Crippen LogP contribution in [0.5, 0.6) is 0 Å². The Morgan fingerprint density at radius 2 is 2.12 bits per heavy atom. The minimum atomic E-state index is 0.738. The lowest BCUT2D eigenvalue weighted by molar-refractivity contribution is 0.349. The first-order valence-corrected chi connectivity index (χ1v) is 8.06. The van der Waals surface area contributed by atoms with E-state index in [0.29, 0.717) is 0 Å². The number of aliphatic imine (C=N–C) groups is 1. The fourth-order valence-electron chi connectivity index (χ4n) is 3.20. The average molecular weight is 253 g/mol. The smallest absolute Gasteiger partial charge is 0.156 e. The van der Waals surface area contributed by atoms with Crippen LogP contribution in [0.3, 0.4) is 0 Å². The topological polar surface area (TPSA) is 27.6 Å². The molecule has 1 saturated carbocycles. The van der Waals surface area contributed by atoms with Crippen LogP contribution in [0.2, 0.25) is 0 Å². The first-order chi connectivity index (χ1) is 8.42. The summed E-state index contributed by atoms with van der Waals surface area (Å²) in [6, 6.07) is 0.738. The average Bonchev–Trinajstić information content (AvgIpc) is 2.98. The van der Waals surface area contributed by atoms with Gasteiger partial charge in [0.25, 0.3) is 0 Å². The second-order valence-corrected chi connectivity index (χ2v) is 6.50. The van der Waals surface area contributed by atoms with E-state index in [1.165, 1.54) is 56.1 Å². The maximum Gasteiger partial charge on any atom is 0.156 e. The SMILES string of the molecule is C1CC2CSC(=NCCN3CCCC3)NC2C1. The van der Waals surface area contributed by atoms with Gasteiger partial charge in [0.05, 0.1) is 6.54 Å². The highest BCUT2D eigenvalue weighted by molar-refractivity contribution is 8.13. The first-order valence-electron chi connectivity index (χ1n) is 7.08. The maximum atomic E-state index is 4.73. The Hall–Kier alpha value is -0.220. The van der Waals surface area contributed by atoms with Crippen LogP contribution in [-0.2, 0) is 0 Å². The Labute approximate surface area is 108 Å². The third-order valence-electron chi connectivity index (χ3n) is 4.27. The fourth-order valence-corrected chi connectivity index (χ4v) is 4.39. The van der Waals surface area contributed by atoms with Gasteiger partial charge in [0.1, 0.15) is 0 Å². The van der Waals surface area contributed by atoms with E-state index in [0.717, 1.165) is 25.0 Å². The van der Waals surface area contributed by atoms with Gasteiger partial charge >= 0.3 is 0 Å². The molecule has 0 bridgehead atoms. The van der Waals surface area contributed by atoms with Crippen molar-refractivity contribution in [3.63, 3.8) is 0 Å². The summed E-state index contributed by atoms with van der Waals surface area (Å²) in [5, 5.41) is 4.85. The van der Waals surface area contributed by atoms with Crippen LogP contribution in [0.25, 0.3) is 0 Å². The highest BCUT2D eigenvalue weighted by Gasteiger charge is 2.31. The Kier molecular flexibility index (Phi) is 3.91. The van der Waals surface area contributed by atoms with Crippen LogP contribution in [0.15, 0.2) is 4.99 Å². The minimum absolute atomic E-state index is 0.738. The van der Waals surface area contributed by atoms with Gasteiger partial charge < -0.3 is 10.2 Å². The molecule has 96 valence electrons.